The number of ether oxygens (including phenoxy) is 3. The topological polar surface area (TPSA) is 84.7 Å². The number of nitrogens with zero attached hydrogens (tertiary/aromatic N) is 3. The van der Waals surface area contributed by atoms with Crippen molar-refractivity contribution in [2.75, 3.05) is 6.61 Å². The van der Waals surface area contributed by atoms with Gasteiger partial charge in [0.25, 0.3) is 0 Å². The lowest BCUT2D eigenvalue weighted by molar-refractivity contribution is -0.190. The van der Waals surface area contributed by atoms with E-state index in [1.165, 1.54) is 6.33 Å². The quantitative estimate of drug-likeness (QED) is 0.155. The molecule has 216 valence electrons. The summed E-state index contributed by atoms with van der Waals surface area (Å²) in [5.41, 5.74) is 1.74. The molecule has 0 radical (unpaired) electrons. The van der Waals surface area contributed by atoms with Crippen LogP contribution in [0.25, 0.3) is 11.0 Å². The van der Waals surface area contributed by atoms with Crippen LogP contribution in [-0.4, -0.2) is 59.3 Å². The first-order chi connectivity index (χ1) is 18.6. The van der Waals surface area contributed by atoms with Crippen molar-refractivity contribution in [3.63, 3.8) is 0 Å². The molecule has 0 amide bonds. The van der Waals surface area contributed by atoms with Gasteiger partial charge in [0.2, 0.25) is 0 Å². The van der Waals surface area contributed by atoms with Crippen molar-refractivity contribution in [3.05, 3.63) is 57.0 Å². The zero-order chi connectivity index (χ0) is 29.2. The van der Waals surface area contributed by atoms with Crippen molar-refractivity contribution in [1.82, 2.24) is 14.5 Å². The van der Waals surface area contributed by atoms with Gasteiger partial charge in [-0.1, -0.05) is 55.6 Å². The molecule has 5 rings (SSSR count). The van der Waals surface area contributed by atoms with Gasteiger partial charge < -0.3 is 23.2 Å². The molecular weight excluding hydrogens is 593 g/mol. The third-order valence-electron chi connectivity index (χ3n) is 8.07. The zero-order valence-electron chi connectivity index (χ0n) is 23.6. The van der Waals surface area contributed by atoms with Crippen molar-refractivity contribution < 1.29 is 23.4 Å². The molecule has 0 saturated carbocycles. The van der Waals surface area contributed by atoms with E-state index in [4.69, 9.17) is 53.4 Å². The average Bonchev–Trinajstić information content (AvgIpc) is 3.51. The van der Waals surface area contributed by atoms with E-state index in [2.05, 4.69) is 43.8 Å². The number of hydrogen-bond acceptors (Lipinski definition) is 7. The van der Waals surface area contributed by atoms with E-state index >= 15 is 0 Å². The number of hydrogen-bond donors (Lipinski definition) is 0. The van der Waals surface area contributed by atoms with Crippen LogP contribution in [0.1, 0.15) is 56.8 Å². The van der Waals surface area contributed by atoms with Crippen molar-refractivity contribution in [3.8, 4) is 0 Å². The molecule has 0 bridgehead atoms. The second kappa shape index (κ2) is 10.6. The molecule has 2 saturated heterocycles. The molecule has 0 aliphatic carbocycles. The van der Waals surface area contributed by atoms with Crippen molar-refractivity contribution in [2.24, 2.45) is 0 Å². The fourth-order valence-corrected chi connectivity index (χ4v) is 6.55. The maximum Gasteiger partial charge on any atom is 0.194 e. The van der Waals surface area contributed by atoms with E-state index < -0.39 is 38.6 Å². The average molecular weight is 627 g/mol. The van der Waals surface area contributed by atoms with Crippen LogP contribution in [0.15, 0.2) is 30.7 Å². The van der Waals surface area contributed by atoms with Crippen molar-refractivity contribution in [2.45, 2.75) is 89.5 Å². The highest BCUT2D eigenvalue weighted by Gasteiger charge is 2.58. The van der Waals surface area contributed by atoms with Gasteiger partial charge in [-0.15, -0.1) is 0 Å². The van der Waals surface area contributed by atoms with Gasteiger partial charge in [0.15, 0.2) is 32.2 Å². The summed E-state index contributed by atoms with van der Waals surface area (Å²) in [5.74, 6) is -1.17. The Kier molecular flexibility index (Phi) is 7.94. The van der Waals surface area contributed by atoms with Crippen LogP contribution in [0, 0.1) is 0 Å². The maximum absolute atomic E-state index is 14.2. The predicted octanol–water partition coefficient (Wildman–Crippen LogP) is 7.26. The molecule has 2 aromatic heterocycles. The molecule has 40 heavy (non-hydrogen) atoms. The summed E-state index contributed by atoms with van der Waals surface area (Å²) in [4.78, 5) is 22.6. The Bertz CT molecular complexity index is 1450. The van der Waals surface area contributed by atoms with E-state index in [0.717, 1.165) is 5.56 Å². The van der Waals surface area contributed by atoms with Crippen LogP contribution < -0.4 is 0 Å². The third-order valence-corrected chi connectivity index (χ3v) is 13.6. The Morgan fingerprint density at radius 1 is 1.10 bits per heavy atom. The SMILES string of the molecule is CC1(C)O[C@@H]2[C@H](O1)C(C(=O)c1cc(Cl)c(Cl)cc1CCO[Si](C)(C)C(C)(C)C)O[C@H]2n1ccc2c(Cl)ncnc21. The van der Waals surface area contributed by atoms with Crippen LogP contribution in [0.5, 0.6) is 0 Å². The summed E-state index contributed by atoms with van der Waals surface area (Å²) < 4.78 is 27.1. The predicted molar refractivity (Wildman–Crippen MR) is 158 cm³/mol. The number of ketones is 1. The first kappa shape index (κ1) is 29.9. The van der Waals surface area contributed by atoms with Gasteiger partial charge in [-0.2, -0.15) is 0 Å². The van der Waals surface area contributed by atoms with E-state index in [1.807, 2.05) is 19.9 Å². The summed E-state index contributed by atoms with van der Waals surface area (Å²) in [5, 5.41) is 1.73. The molecular formula is C28H34Cl3N3O5Si. The van der Waals surface area contributed by atoms with Gasteiger partial charge in [0, 0.05) is 18.4 Å². The van der Waals surface area contributed by atoms with E-state index in [1.54, 1.807) is 22.9 Å². The van der Waals surface area contributed by atoms with Gasteiger partial charge >= 0.3 is 0 Å². The van der Waals surface area contributed by atoms with Gasteiger partial charge in [-0.05, 0) is 62.2 Å². The minimum absolute atomic E-state index is 0.0649. The Hall–Kier alpha value is -1.56. The smallest absolute Gasteiger partial charge is 0.194 e. The van der Waals surface area contributed by atoms with Gasteiger partial charge in [0.1, 0.15) is 29.3 Å². The van der Waals surface area contributed by atoms with Crippen LogP contribution in [0.2, 0.25) is 33.3 Å². The molecule has 1 aromatic carbocycles. The number of carbonyl (C=O) groups is 1. The van der Waals surface area contributed by atoms with Crippen LogP contribution in [0.4, 0.5) is 0 Å². The Morgan fingerprint density at radius 3 is 2.48 bits per heavy atom. The number of fused-ring (bicyclic) bond motifs is 2. The minimum atomic E-state index is -1.98. The molecule has 12 heteroatoms. The number of benzene rings is 1. The third kappa shape index (κ3) is 5.47. The molecule has 0 N–H and O–H groups in total. The Morgan fingerprint density at radius 2 is 1.77 bits per heavy atom. The van der Waals surface area contributed by atoms with Crippen LogP contribution in [0.3, 0.4) is 0 Å². The Labute approximate surface area is 250 Å². The number of rotatable bonds is 7. The van der Waals surface area contributed by atoms with E-state index in [-0.39, 0.29) is 15.8 Å². The maximum atomic E-state index is 14.2. The minimum Gasteiger partial charge on any atom is -0.416 e. The standard InChI is InChI=1S/C28H34Cl3N3O5Si/c1-27(2,3)40(6,7)36-11-9-15-12-18(29)19(30)13-17(15)20(35)21-22-23(39-28(4,5)38-22)26(37-21)34-10-8-16-24(31)32-14-33-25(16)34/h8,10,12-14,21-23,26H,9,11H2,1-7H3/t21?,22-,23-,26-/m1/s1. The molecule has 4 atom stereocenters. The highest BCUT2D eigenvalue weighted by molar-refractivity contribution is 6.74. The summed E-state index contributed by atoms with van der Waals surface area (Å²) >= 11 is 19.1. The molecule has 4 heterocycles. The normalized spacial score (nSPS) is 24.6. The van der Waals surface area contributed by atoms with Crippen LogP contribution >= 0.6 is 34.8 Å². The van der Waals surface area contributed by atoms with Crippen molar-refractivity contribution >= 4 is 59.9 Å². The summed E-state index contributed by atoms with van der Waals surface area (Å²) in [6.45, 7) is 15.1. The molecule has 0 spiro atoms. The van der Waals surface area contributed by atoms with E-state index in [0.29, 0.717) is 39.8 Å². The lowest BCUT2D eigenvalue weighted by atomic mass is 9.95. The summed E-state index contributed by atoms with van der Waals surface area (Å²) in [7, 11) is -1.98. The second-order valence-corrected chi connectivity index (χ2v) is 18.3. The van der Waals surface area contributed by atoms with Crippen LogP contribution in [-0.2, 0) is 25.1 Å². The first-order valence-corrected chi connectivity index (χ1v) is 17.3. The number of Topliss-reactive ketones (excluding diaryl/α,β-unsaturated/α-hetero) is 1. The fraction of sp³-hybridized carbons (Fsp3) is 0.536. The number of halogens is 3. The van der Waals surface area contributed by atoms with Crippen molar-refractivity contribution in [1.29, 1.82) is 0 Å². The summed E-state index contributed by atoms with van der Waals surface area (Å²) in [6.07, 6.45) is 0.822. The lowest BCUT2D eigenvalue weighted by Gasteiger charge is -2.36. The molecule has 2 aliphatic rings. The molecule has 2 aliphatic heterocycles. The lowest BCUT2D eigenvalue weighted by Crippen LogP contribution is -2.41. The fourth-order valence-electron chi connectivity index (χ4n) is 4.97. The molecule has 3 aromatic rings. The Balaban J connectivity index is 1.46. The van der Waals surface area contributed by atoms with E-state index in [9.17, 15) is 4.79 Å². The molecule has 2 fully saturated rings. The number of carbonyl (C=O) groups excluding carboxylic acids is 1. The highest BCUT2D eigenvalue weighted by atomic mass is 35.5. The zero-order valence-corrected chi connectivity index (χ0v) is 26.9. The number of aromatic nitrogens is 3. The largest absolute Gasteiger partial charge is 0.416 e. The first-order valence-electron chi connectivity index (χ1n) is 13.2. The van der Waals surface area contributed by atoms with Gasteiger partial charge in [-0.25, -0.2) is 9.97 Å². The second-order valence-electron chi connectivity index (χ2n) is 12.3. The summed E-state index contributed by atoms with van der Waals surface area (Å²) in [6, 6.07) is 5.16. The highest BCUT2D eigenvalue weighted by Crippen LogP contribution is 2.45. The van der Waals surface area contributed by atoms with Gasteiger partial charge in [-0.3, -0.25) is 4.79 Å². The molecule has 1 unspecified atom stereocenters. The molecule has 8 nitrogen and oxygen atoms in total. The van der Waals surface area contributed by atoms with Gasteiger partial charge in [0.05, 0.1) is 15.4 Å². The monoisotopic (exact) mass is 625 g/mol.